The van der Waals surface area contributed by atoms with E-state index >= 15 is 0 Å². The molecule has 0 aliphatic rings. The highest BCUT2D eigenvalue weighted by atomic mass is 16.1. The third-order valence-electron chi connectivity index (χ3n) is 2.85. The molecule has 0 spiro atoms. The minimum atomic E-state index is -0.0470. The van der Waals surface area contributed by atoms with Crippen molar-refractivity contribution in [2.45, 2.75) is 39.2 Å². The molecule has 3 heteroatoms. The predicted octanol–water partition coefficient (Wildman–Crippen LogP) is 2.71. The summed E-state index contributed by atoms with van der Waals surface area (Å²) in [5.41, 5.74) is 1.89. The molecule has 0 atom stereocenters. The zero-order valence-electron chi connectivity index (χ0n) is 11.3. The van der Waals surface area contributed by atoms with Crippen molar-refractivity contribution < 1.29 is 4.79 Å². The maximum atomic E-state index is 11.2. The van der Waals surface area contributed by atoms with Gasteiger partial charge in [0.15, 0.2) is 5.78 Å². The number of nitriles is 1. The van der Waals surface area contributed by atoms with Gasteiger partial charge < -0.3 is 5.32 Å². The van der Waals surface area contributed by atoms with E-state index < -0.39 is 0 Å². The van der Waals surface area contributed by atoms with Gasteiger partial charge in [-0.2, -0.15) is 5.26 Å². The summed E-state index contributed by atoms with van der Waals surface area (Å²) in [7, 11) is 0. The van der Waals surface area contributed by atoms with Crippen LogP contribution in [0.1, 0.15) is 43.1 Å². The summed E-state index contributed by atoms with van der Waals surface area (Å²) in [6.45, 7) is 6.50. The molecule has 0 aromatic heterocycles. The molecule has 0 aliphatic heterocycles. The fraction of sp³-hybridized carbons (Fsp3) is 0.467. The summed E-state index contributed by atoms with van der Waals surface area (Å²) in [4.78, 5) is 11.2. The van der Waals surface area contributed by atoms with Crippen molar-refractivity contribution >= 4 is 5.78 Å². The van der Waals surface area contributed by atoms with Crippen LogP contribution in [0.2, 0.25) is 0 Å². The summed E-state index contributed by atoms with van der Waals surface area (Å²) in [5.74, 6) is 0.0907. The van der Waals surface area contributed by atoms with Crippen molar-refractivity contribution in [3.05, 3.63) is 35.4 Å². The number of nitrogens with one attached hydrogen (secondary N) is 1. The monoisotopic (exact) mass is 244 g/mol. The van der Waals surface area contributed by atoms with Crippen molar-refractivity contribution in [2.24, 2.45) is 0 Å². The van der Waals surface area contributed by atoms with Crippen LogP contribution in [0.3, 0.4) is 0 Å². The van der Waals surface area contributed by atoms with Gasteiger partial charge in [0.25, 0.3) is 0 Å². The van der Waals surface area contributed by atoms with E-state index in [4.69, 9.17) is 5.26 Å². The molecular formula is C15H20N2O. The highest BCUT2D eigenvalue weighted by molar-refractivity contribution is 5.93. The Labute approximate surface area is 109 Å². The molecule has 0 radical (unpaired) electrons. The van der Waals surface area contributed by atoms with Gasteiger partial charge in [-0.3, -0.25) is 4.79 Å². The molecular weight excluding hydrogens is 224 g/mol. The van der Waals surface area contributed by atoms with Crippen LogP contribution in [0.25, 0.3) is 0 Å². The third kappa shape index (κ3) is 4.68. The molecule has 0 amide bonds. The van der Waals surface area contributed by atoms with Gasteiger partial charge >= 0.3 is 0 Å². The second-order valence-electron chi connectivity index (χ2n) is 5.15. The first kappa shape index (κ1) is 14.4. The van der Waals surface area contributed by atoms with Crippen molar-refractivity contribution in [1.29, 1.82) is 5.26 Å². The molecule has 0 saturated heterocycles. The average Bonchev–Trinajstić information content (AvgIpc) is 2.29. The average molecular weight is 244 g/mol. The number of carbonyl (C=O) groups excluding carboxylic acids is 1. The first-order valence-corrected chi connectivity index (χ1v) is 6.16. The second-order valence-corrected chi connectivity index (χ2v) is 5.15. The fourth-order valence-electron chi connectivity index (χ4n) is 1.89. The lowest BCUT2D eigenvalue weighted by Crippen LogP contribution is -2.41. The Morgan fingerprint density at radius 1 is 1.33 bits per heavy atom. The molecule has 0 heterocycles. The normalized spacial score (nSPS) is 11.0. The van der Waals surface area contributed by atoms with Gasteiger partial charge in [-0.25, -0.2) is 0 Å². The van der Waals surface area contributed by atoms with E-state index in [0.29, 0.717) is 13.0 Å². The van der Waals surface area contributed by atoms with E-state index in [0.717, 1.165) is 12.0 Å². The molecule has 1 aromatic rings. The van der Waals surface area contributed by atoms with Crippen LogP contribution in [-0.4, -0.2) is 17.9 Å². The molecule has 1 N–H and O–H groups in total. The number of nitrogens with zero attached hydrogens (tertiary/aromatic N) is 1. The van der Waals surface area contributed by atoms with Crippen molar-refractivity contribution in [3.63, 3.8) is 0 Å². The molecule has 3 nitrogen and oxygen atoms in total. The maximum absolute atomic E-state index is 11.2. The maximum Gasteiger partial charge on any atom is 0.159 e. The van der Waals surface area contributed by atoms with Gasteiger partial charge in [0.05, 0.1) is 6.07 Å². The van der Waals surface area contributed by atoms with Gasteiger partial charge in [0, 0.05) is 24.1 Å². The van der Waals surface area contributed by atoms with Crippen LogP contribution in [-0.2, 0) is 6.42 Å². The predicted molar refractivity (Wildman–Crippen MR) is 72.5 cm³/mol. The van der Waals surface area contributed by atoms with Crippen LogP contribution in [0.15, 0.2) is 24.3 Å². The zero-order valence-corrected chi connectivity index (χ0v) is 11.3. The van der Waals surface area contributed by atoms with Gasteiger partial charge in [-0.05, 0) is 32.8 Å². The first-order valence-electron chi connectivity index (χ1n) is 6.16. The first-order chi connectivity index (χ1) is 8.44. The number of hydrogen-bond donors (Lipinski definition) is 1. The Morgan fingerprint density at radius 3 is 2.44 bits per heavy atom. The van der Waals surface area contributed by atoms with E-state index in [-0.39, 0.29) is 11.3 Å². The fourth-order valence-corrected chi connectivity index (χ4v) is 1.89. The van der Waals surface area contributed by atoms with Crippen LogP contribution in [0.4, 0.5) is 0 Å². The number of ketones is 1. The SMILES string of the molecule is CC(=O)c1ccc(CC(C)(C)NCCC#N)cc1. The van der Waals surface area contributed by atoms with Gasteiger partial charge in [0.2, 0.25) is 0 Å². The molecule has 0 bridgehead atoms. The number of hydrogen-bond acceptors (Lipinski definition) is 3. The van der Waals surface area contributed by atoms with Gasteiger partial charge in [0.1, 0.15) is 0 Å². The lowest BCUT2D eigenvalue weighted by Gasteiger charge is -2.26. The highest BCUT2D eigenvalue weighted by Gasteiger charge is 2.17. The quantitative estimate of drug-likeness (QED) is 0.618. The molecule has 0 saturated carbocycles. The topological polar surface area (TPSA) is 52.9 Å². The molecule has 1 rings (SSSR count). The largest absolute Gasteiger partial charge is 0.310 e. The number of benzene rings is 1. The van der Waals surface area contributed by atoms with Crippen LogP contribution >= 0.6 is 0 Å². The molecule has 96 valence electrons. The van der Waals surface area contributed by atoms with Crippen LogP contribution in [0, 0.1) is 11.3 Å². The van der Waals surface area contributed by atoms with Crippen molar-refractivity contribution in [1.82, 2.24) is 5.32 Å². The Hall–Kier alpha value is -1.66. The minimum absolute atomic E-state index is 0.0470. The lowest BCUT2D eigenvalue weighted by molar-refractivity contribution is 0.101. The molecule has 0 unspecified atom stereocenters. The van der Waals surface area contributed by atoms with E-state index in [1.54, 1.807) is 6.92 Å². The standard InChI is InChI=1S/C15H20N2O/c1-12(18)14-7-5-13(6-8-14)11-15(2,3)17-10-4-9-16/h5-8,17H,4,10-11H2,1-3H3. The van der Waals surface area contributed by atoms with E-state index in [1.807, 2.05) is 24.3 Å². The Bertz CT molecular complexity index is 441. The molecule has 0 aliphatic carbocycles. The van der Waals surface area contributed by atoms with Crippen molar-refractivity contribution in [2.75, 3.05) is 6.54 Å². The zero-order chi connectivity index (χ0) is 13.6. The van der Waals surface area contributed by atoms with Crippen LogP contribution in [0.5, 0.6) is 0 Å². The summed E-state index contributed by atoms with van der Waals surface area (Å²) >= 11 is 0. The number of Topliss-reactive ketones (excluding diaryl/α,β-unsaturated/α-hetero) is 1. The Balaban J connectivity index is 2.60. The second kappa shape index (κ2) is 6.32. The highest BCUT2D eigenvalue weighted by Crippen LogP contribution is 2.14. The molecule has 18 heavy (non-hydrogen) atoms. The van der Waals surface area contributed by atoms with Gasteiger partial charge in [-0.1, -0.05) is 24.3 Å². The van der Waals surface area contributed by atoms with E-state index in [1.165, 1.54) is 5.56 Å². The Morgan fingerprint density at radius 2 is 1.94 bits per heavy atom. The van der Waals surface area contributed by atoms with E-state index in [2.05, 4.69) is 25.2 Å². The molecule has 1 aromatic carbocycles. The summed E-state index contributed by atoms with van der Waals surface area (Å²) < 4.78 is 0. The minimum Gasteiger partial charge on any atom is -0.310 e. The summed E-state index contributed by atoms with van der Waals surface area (Å²) in [6, 6.07) is 9.83. The van der Waals surface area contributed by atoms with Gasteiger partial charge in [-0.15, -0.1) is 0 Å². The smallest absolute Gasteiger partial charge is 0.159 e. The number of carbonyl (C=O) groups is 1. The Kier molecular flexibility index (Phi) is 5.06. The van der Waals surface area contributed by atoms with Crippen LogP contribution < -0.4 is 5.32 Å². The summed E-state index contributed by atoms with van der Waals surface area (Å²) in [5, 5.41) is 11.9. The number of rotatable bonds is 6. The van der Waals surface area contributed by atoms with Crippen molar-refractivity contribution in [3.8, 4) is 6.07 Å². The summed E-state index contributed by atoms with van der Waals surface area (Å²) in [6.07, 6.45) is 1.39. The lowest BCUT2D eigenvalue weighted by atomic mass is 9.94. The third-order valence-corrected chi connectivity index (χ3v) is 2.85. The van der Waals surface area contributed by atoms with E-state index in [9.17, 15) is 4.79 Å². The molecule has 0 fully saturated rings.